The Bertz CT molecular complexity index is 59.0. The van der Waals surface area contributed by atoms with Gasteiger partial charge in [-0.3, -0.25) is 5.32 Å². The van der Waals surface area contributed by atoms with Crippen LogP contribution in [-0.4, -0.2) is 31.5 Å². The van der Waals surface area contributed by atoms with E-state index in [0.29, 0.717) is 0 Å². The van der Waals surface area contributed by atoms with E-state index >= 15 is 0 Å². The van der Waals surface area contributed by atoms with Gasteiger partial charge in [0.15, 0.2) is 0 Å². The van der Waals surface area contributed by atoms with Crippen molar-refractivity contribution in [3.05, 3.63) is 0 Å². The van der Waals surface area contributed by atoms with Crippen molar-refractivity contribution < 1.29 is 5.11 Å². The van der Waals surface area contributed by atoms with E-state index in [2.05, 4.69) is 10.6 Å². The van der Waals surface area contributed by atoms with Gasteiger partial charge < -0.3 is 10.4 Å². The predicted octanol–water partition coefficient (Wildman–Crippen LogP) is -0.476. The molecule has 0 rings (SSSR count). The Kier molecular flexibility index (Phi) is 5.93. The predicted molar refractivity (Wildman–Crippen MR) is 38.2 cm³/mol. The lowest BCUT2D eigenvalue weighted by atomic mass is 10.4. The highest BCUT2D eigenvalue weighted by Gasteiger charge is 1.97. The lowest BCUT2D eigenvalue weighted by molar-refractivity contribution is 0.130. The smallest absolute Gasteiger partial charge is 0.106 e. The minimum atomic E-state index is -0.345. The van der Waals surface area contributed by atoms with E-state index in [4.69, 9.17) is 5.11 Å². The van der Waals surface area contributed by atoms with Crippen LogP contribution >= 0.6 is 0 Å². The molecule has 1 atom stereocenters. The summed E-state index contributed by atoms with van der Waals surface area (Å²) in [5.41, 5.74) is 0. The van der Waals surface area contributed by atoms with Crippen LogP contribution in [0.1, 0.15) is 13.3 Å². The average Bonchev–Trinajstić information content (AvgIpc) is 1.85. The largest absolute Gasteiger partial charge is 0.379 e. The molecule has 0 aromatic rings. The molecule has 3 N–H and O–H groups in total. The topological polar surface area (TPSA) is 44.3 Å². The van der Waals surface area contributed by atoms with Gasteiger partial charge in [0.2, 0.25) is 0 Å². The molecule has 0 aliphatic heterocycles. The Morgan fingerprint density at radius 2 is 2.22 bits per heavy atom. The van der Waals surface area contributed by atoms with Crippen molar-refractivity contribution in [1.29, 1.82) is 0 Å². The Labute approximate surface area is 56.5 Å². The van der Waals surface area contributed by atoms with Crippen LogP contribution in [-0.2, 0) is 0 Å². The summed E-state index contributed by atoms with van der Waals surface area (Å²) in [7, 11) is 1.87. The van der Waals surface area contributed by atoms with E-state index in [1.165, 1.54) is 0 Å². The molecule has 0 saturated carbocycles. The van der Waals surface area contributed by atoms with Crippen LogP contribution in [0.15, 0.2) is 0 Å². The van der Waals surface area contributed by atoms with E-state index in [1.807, 2.05) is 14.0 Å². The fraction of sp³-hybridized carbons (Fsp3) is 1.00. The lowest BCUT2D eigenvalue weighted by Crippen LogP contribution is -2.31. The third kappa shape index (κ3) is 5.76. The van der Waals surface area contributed by atoms with Gasteiger partial charge in [-0.1, -0.05) is 6.92 Å². The molecule has 3 heteroatoms. The van der Waals surface area contributed by atoms with Gasteiger partial charge in [0.25, 0.3) is 0 Å². The van der Waals surface area contributed by atoms with Gasteiger partial charge >= 0.3 is 0 Å². The van der Waals surface area contributed by atoms with Crippen molar-refractivity contribution in [2.75, 3.05) is 20.1 Å². The van der Waals surface area contributed by atoms with Crippen LogP contribution in [0.4, 0.5) is 0 Å². The first kappa shape index (κ1) is 8.88. The summed E-state index contributed by atoms with van der Waals surface area (Å²) >= 11 is 0. The minimum Gasteiger partial charge on any atom is -0.379 e. The summed E-state index contributed by atoms with van der Waals surface area (Å²) in [6, 6.07) is 0. The molecule has 0 aliphatic carbocycles. The monoisotopic (exact) mass is 132 g/mol. The summed E-state index contributed by atoms with van der Waals surface area (Å²) in [6.45, 7) is 3.65. The van der Waals surface area contributed by atoms with Gasteiger partial charge in [-0.05, 0) is 26.6 Å². The second kappa shape index (κ2) is 6.01. The van der Waals surface area contributed by atoms with Crippen molar-refractivity contribution in [3.8, 4) is 0 Å². The van der Waals surface area contributed by atoms with Crippen LogP contribution in [0.5, 0.6) is 0 Å². The van der Waals surface area contributed by atoms with Crippen molar-refractivity contribution in [3.63, 3.8) is 0 Å². The molecule has 0 spiro atoms. The Morgan fingerprint density at radius 3 is 2.67 bits per heavy atom. The molecule has 9 heavy (non-hydrogen) atoms. The Hall–Kier alpha value is -0.120. The molecule has 0 heterocycles. The molecule has 0 aliphatic rings. The molecule has 0 saturated heterocycles. The second-order valence-electron chi connectivity index (χ2n) is 1.97. The quantitative estimate of drug-likeness (QED) is 0.443. The standard InChI is InChI=1S/C6H16N2O/c1-3-8-6(9)4-5-7-2/h6-9H,3-5H2,1-2H3. The van der Waals surface area contributed by atoms with Crippen molar-refractivity contribution in [2.24, 2.45) is 0 Å². The number of nitrogens with one attached hydrogen (secondary N) is 2. The first-order chi connectivity index (χ1) is 4.31. The van der Waals surface area contributed by atoms with Crippen molar-refractivity contribution >= 4 is 0 Å². The Balaban J connectivity index is 2.95. The van der Waals surface area contributed by atoms with E-state index in [-0.39, 0.29) is 6.23 Å². The molecule has 3 nitrogen and oxygen atoms in total. The van der Waals surface area contributed by atoms with Crippen molar-refractivity contribution in [1.82, 2.24) is 10.6 Å². The van der Waals surface area contributed by atoms with E-state index in [0.717, 1.165) is 19.5 Å². The van der Waals surface area contributed by atoms with Gasteiger partial charge in [0, 0.05) is 0 Å². The van der Waals surface area contributed by atoms with Gasteiger partial charge in [0.05, 0.1) is 0 Å². The van der Waals surface area contributed by atoms with Crippen LogP contribution in [0.3, 0.4) is 0 Å². The molecule has 1 unspecified atom stereocenters. The molecule has 0 bridgehead atoms. The maximum absolute atomic E-state index is 9.03. The van der Waals surface area contributed by atoms with Crippen molar-refractivity contribution in [2.45, 2.75) is 19.6 Å². The fourth-order valence-electron chi connectivity index (χ4n) is 0.619. The highest BCUT2D eigenvalue weighted by Crippen LogP contribution is 1.82. The molecule has 0 amide bonds. The zero-order chi connectivity index (χ0) is 7.11. The molecule has 0 aromatic carbocycles. The number of hydrogen-bond donors (Lipinski definition) is 3. The van der Waals surface area contributed by atoms with Gasteiger partial charge in [-0.25, -0.2) is 0 Å². The van der Waals surface area contributed by atoms with Crippen LogP contribution in [0, 0.1) is 0 Å². The van der Waals surface area contributed by atoms with Crippen LogP contribution in [0.2, 0.25) is 0 Å². The SMILES string of the molecule is CCNC(O)CCNC. The van der Waals surface area contributed by atoms with Gasteiger partial charge in [-0.15, -0.1) is 0 Å². The highest BCUT2D eigenvalue weighted by molar-refractivity contribution is 4.51. The number of hydrogen-bond acceptors (Lipinski definition) is 3. The zero-order valence-electron chi connectivity index (χ0n) is 6.15. The maximum atomic E-state index is 9.03. The molecule has 0 aromatic heterocycles. The first-order valence-corrected chi connectivity index (χ1v) is 3.37. The number of rotatable bonds is 5. The fourth-order valence-corrected chi connectivity index (χ4v) is 0.619. The number of aliphatic hydroxyl groups excluding tert-OH is 1. The van der Waals surface area contributed by atoms with Gasteiger partial charge in [0.1, 0.15) is 6.23 Å². The Morgan fingerprint density at radius 1 is 1.56 bits per heavy atom. The van der Waals surface area contributed by atoms with E-state index < -0.39 is 0 Å². The van der Waals surface area contributed by atoms with Crippen LogP contribution in [0.25, 0.3) is 0 Å². The van der Waals surface area contributed by atoms with E-state index in [1.54, 1.807) is 0 Å². The second-order valence-corrected chi connectivity index (χ2v) is 1.97. The summed E-state index contributed by atoms with van der Waals surface area (Å²) in [4.78, 5) is 0. The third-order valence-corrected chi connectivity index (χ3v) is 1.11. The summed E-state index contributed by atoms with van der Waals surface area (Å²) in [5, 5.41) is 14.9. The normalized spacial score (nSPS) is 13.7. The molecule has 0 fully saturated rings. The number of aliphatic hydroxyl groups is 1. The van der Waals surface area contributed by atoms with Crippen LogP contribution < -0.4 is 10.6 Å². The first-order valence-electron chi connectivity index (χ1n) is 3.37. The summed E-state index contributed by atoms with van der Waals surface area (Å²) in [6.07, 6.45) is 0.423. The lowest BCUT2D eigenvalue weighted by Gasteiger charge is -2.09. The van der Waals surface area contributed by atoms with Gasteiger partial charge in [-0.2, -0.15) is 0 Å². The molecule has 56 valence electrons. The van der Waals surface area contributed by atoms with E-state index in [9.17, 15) is 0 Å². The summed E-state index contributed by atoms with van der Waals surface area (Å²) < 4.78 is 0. The third-order valence-electron chi connectivity index (χ3n) is 1.11. The minimum absolute atomic E-state index is 0.345. The zero-order valence-corrected chi connectivity index (χ0v) is 6.15. The molecular weight excluding hydrogens is 116 g/mol. The highest BCUT2D eigenvalue weighted by atomic mass is 16.3. The summed E-state index contributed by atoms with van der Waals surface area (Å²) in [5.74, 6) is 0. The maximum Gasteiger partial charge on any atom is 0.106 e. The molecule has 0 radical (unpaired) electrons. The average molecular weight is 132 g/mol. The molecular formula is C6H16N2O.